The van der Waals surface area contributed by atoms with Gasteiger partial charge < -0.3 is 9.47 Å². The molecule has 0 unspecified atom stereocenters. The molecule has 4 nitrogen and oxygen atoms in total. The molecule has 0 bridgehead atoms. The number of rotatable bonds is 12. The lowest BCUT2D eigenvalue weighted by Crippen LogP contribution is -2.14. The van der Waals surface area contributed by atoms with Gasteiger partial charge in [0, 0.05) is 0 Å². The van der Waals surface area contributed by atoms with Gasteiger partial charge in [-0.25, -0.2) is 18.4 Å². The summed E-state index contributed by atoms with van der Waals surface area (Å²) >= 11 is 0. The van der Waals surface area contributed by atoms with Crippen LogP contribution >= 0.6 is 0 Å². The van der Waals surface area contributed by atoms with Gasteiger partial charge in [-0.1, -0.05) is 75.2 Å². The average Bonchev–Trinajstić information content (AvgIpc) is 2.91. The van der Waals surface area contributed by atoms with Gasteiger partial charge in [-0.3, -0.25) is 0 Å². The quantitative estimate of drug-likeness (QED) is 0.243. The minimum atomic E-state index is -1.14. The van der Waals surface area contributed by atoms with E-state index in [-0.39, 0.29) is 13.2 Å². The summed E-state index contributed by atoms with van der Waals surface area (Å²) in [4.78, 5) is 24.3. The molecule has 0 heterocycles. The Balaban J connectivity index is 1.59. The van der Waals surface area contributed by atoms with Crippen molar-refractivity contribution < 1.29 is 27.8 Å². The van der Waals surface area contributed by atoms with Crippen molar-refractivity contribution in [2.24, 2.45) is 0 Å². The molecule has 0 amide bonds. The number of halogens is 2. The summed E-state index contributed by atoms with van der Waals surface area (Å²) in [5.74, 6) is -1.07. The highest BCUT2D eigenvalue weighted by Crippen LogP contribution is 2.26. The van der Waals surface area contributed by atoms with Crippen molar-refractivity contribution in [3.63, 3.8) is 0 Å². The van der Waals surface area contributed by atoms with Crippen LogP contribution in [0, 0.1) is 0 Å². The second-order valence-corrected chi connectivity index (χ2v) is 8.70. The van der Waals surface area contributed by atoms with Crippen LogP contribution in [-0.2, 0) is 9.47 Å². The van der Waals surface area contributed by atoms with Crippen LogP contribution in [0.1, 0.15) is 60.2 Å². The first kappa shape index (κ1) is 27.1. The lowest BCUT2D eigenvalue weighted by Gasteiger charge is -2.10. The van der Waals surface area contributed by atoms with Crippen LogP contribution in [0.15, 0.2) is 72.8 Å². The van der Waals surface area contributed by atoms with E-state index >= 15 is 0 Å². The summed E-state index contributed by atoms with van der Waals surface area (Å²) in [6.07, 6.45) is -0.124. The Kier molecular flexibility index (Phi) is 10.2. The summed E-state index contributed by atoms with van der Waals surface area (Å²) in [5, 5.41) is 0. The zero-order valence-corrected chi connectivity index (χ0v) is 20.7. The predicted octanol–water partition coefficient (Wildman–Crippen LogP) is 7.61. The number of carbonyl (C=O) groups excluding carboxylic acids is 2. The maximum atomic E-state index is 13.5. The van der Waals surface area contributed by atoms with Gasteiger partial charge in [-0.15, -0.1) is 0 Å². The predicted molar refractivity (Wildman–Crippen MR) is 137 cm³/mol. The van der Waals surface area contributed by atoms with Crippen LogP contribution in [0.5, 0.6) is 0 Å². The first-order valence-electron chi connectivity index (χ1n) is 12.3. The standard InChI is InChI=1S/C30H32F2O4/c1-3-5-27(31)19-35-29(33)25-15-11-23(12-16-25)21-7-9-22(10-8-21)24-13-17-26(18-14-24)30(34)36-20-28(32)6-4-2/h7-18,27-28H,3-6,19-20H2,1-2H3/t27-,28-/m0/s1. The molecular weight excluding hydrogens is 462 g/mol. The Morgan fingerprint density at radius 3 is 1.14 bits per heavy atom. The third kappa shape index (κ3) is 7.74. The highest BCUT2D eigenvalue weighted by molar-refractivity contribution is 5.91. The fourth-order valence-corrected chi connectivity index (χ4v) is 3.74. The fourth-order valence-electron chi connectivity index (χ4n) is 3.74. The van der Waals surface area contributed by atoms with E-state index < -0.39 is 24.3 Å². The fraction of sp³-hybridized carbons (Fsp3) is 0.333. The summed E-state index contributed by atoms with van der Waals surface area (Å²) in [6, 6.07) is 21.9. The molecule has 0 aliphatic rings. The zero-order chi connectivity index (χ0) is 25.9. The van der Waals surface area contributed by atoms with Crippen LogP contribution in [0.4, 0.5) is 8.78 Å². The van der Waals surface area contributed by atoms with E-state index in [1.54, 1.807) is 24.3 Å². The third-order valence-electron chi connectivity index (χ3n) is 5.79. The Labute approximate surface area is 211 Å². The van der Waals surface area contributed by atoms with Gasteiger partial charge in [0.25, 0.3) is 0 Å². The molecule has 3 aromatic carbocycles. The highest BCUT2D eigenvalue weighted by Gasteiger charge is 2.13. The number of alkyl halides is 2. The molecular formula is C30H32F2O4. The number of carbonyl (C=O) groups is 2. The molecule has 0 saturated carbocycles. The average molecular weight is 495 g/mol. The summed E-state index contributed by atoms with van der Waals surface area (Å²) in [7, 11) is 0. The molecule has 0 N–H and O–H groups in total. The molecule has 36 heavy (non-hydrogen) atoms. The van der Waals surface area contributed by atoms with Gasteiger partial charge in [0.15, 0.2) is 0 Å². The first-order chi connectivity index (χ1) is 17.4. The molecule has 0 spiro atoms. The minimum absolute atomic E-state index is 0.227. The Morgan fingerprint density at radius 2 is 0.861 bits per heavy atom. The van der Waals surface area contributed by atoms with Crippen molar-refractivity contribution >= 4 is 11.9 Å². The maximum Gasteiger partial charge on any atom is 0.338 e. The van der Waals surface area contributed by atoms with Crippen molar-refractivity contribution in [2.45, 2.75) is 51.9 Å². The molecule has 0 aliphatic carbocycles. The molecule has 3 rings (SSSR count). The Morgan fingerprint density at radius 1 is 0.583 bits per heavy atom. The topological polar surface area (TPSA) is 52.6 Å². The van der Waals surface area contributed by atoms with Crippen LogP contribution in [-0.4, -0.2) is 37.5 Å². The van der Waals surface area contributed by atoms with E-state index in [2.05, 4.69) is 0 Å². The molecule has 0 aliphatic heterocycles. The summed E-state index contributed by atoms with van der Waals surface area (Å²) < 4.78 is 37.2. The van der Waals surface area contributed by atoms with Gasteiger partial charge in [0.1, 0.15) is 25.6 Å². The monoisotopic (exact) mass is 494 g/mol. The van der Waals surface area contributed by atoms with Crippen molar-refractivity contribution in [3.05, 3.63) is 83.9 Å². The van der Waals surface area contributed by atoms with E-state index in [9.17, 15) is 18.4 Å². The smallest absolute Gasteiger partial charge is 0.338 e. The zero-order valence-electron chi connectivity index (χ0n) is 20.7. The molecule has 3 aromatic rings. The van der Waals surface area contributed by atoms with Gasteiger partial charge in [0.2, 0.25) is 0 Å². The number of esters is 2. The first-order valence-corrected chi connectivity index (χ1v) is 12.3. The van der Waals surface area contributed by atoms with Gasteiger partial charge in [0.05, 0.1) is 11.1 Å². The van der Waals surface area contributed by atoms with Crippen molar-refractivity contribution in [1.82, 2.24) is 0 Å². The second-order valence-electron chi connectivity index (χ2n) is 8.70. The summed E-state index contributed by atoms with van der Waals surface area (Å²) in [5.41, 5.74) is 4.56. The summed E-state index contributed by atoms with van der Waals surface area (Å²) in [6.45, 7) is 3.31. The molecule has 0 fully saturated rings. The number of hydrogen-bond acceptors (Lipinski definition) is 4. The van der Waals surface area contributed by atoms with Crippen molar-refractivity contribution in [2.75, 3.05) is 13.2 Å². The maximum absolute atomic E-state index is 13.5. The minimum Gasteiger partial charge on any atom is -0.459 e. The normalized spacial score (nSPS) is 12.6. The third-order valence-corrected chi connectivity index (χ3v) is 5.79. The SMILES string of the molecule is CCC[C@H](F)COC(=O)c1ccc(-c2ccc(-c3ccc(C(=O)OC[C@@H](F)CCC)cc3)cc2)cc1. The molecule has 0 radical (unpaired) electrons. The number of benzene rings is 3. The molecule has 6 heteroatoms. The van der Waals surface area contributed by atoms with E-state index in [4.69, 9.17) is 9.47 Å². The van der Waals surface area contributed by atoms with Gasteiger partial charge >= 0.3 is 11.9 Å². The molecule has 0 aromatic heterocycles. The second kappa shape index (κ2) is 13.5. The van der Waals surface area contributed by atoms with Crippen molar-refractivity contribution in [1.29, 1.82) is 0 Å². The highest BCUT2D eigenvalue weighted by atomic mass is 19.1. The van der Waals surface area contributed by atoms with Gasteiger partial charge in [-0.2, -0.15) is 0 Å². The largest absolute Gasteiger partial charge is 0.459 e. The van der Waals surface area contributed by atoms with Crippen LogP contribution in [0.25, 0.3) is 22.3 Å². The Hall–Kier alpha value is -3.54. The Bertz CT molecular complexity index is 1020. The van der Waals surface area contributed by atoms with Crippen LogP contribution in [0.3, 0.4) is 0 Å². The van der Waals surface area contributed by atoms with Crippen LogP contribution in [0.2, 0.25) is 0 Å². The number of hydrogen-bond donors (Lipinski definition) is 0. The lowest BCUT2D eigenvalue weighted by atomic mass is 9.99. The van der Waals surface area contributed by atoms with E-state index in [0.29, 0.717) is 36.8 Å². The molecule has 0 saturated heterocycles. The van der Waals surface area contributed by atoms with E-state index in [1.165, 1.54) is 0 Å². The molecule has 190 valence electrons. The number of ether oxygens (including phenoxy) is 2. The van der Waals surface area contributed by atoms with Crippen molar-refractivity contribution in [3.8, 4) is 22.3 Å². The van der Waals surface area contributed by atoms with E-state index in [0.717, 1.165) is 22.3 Å². The lowest BCUT2D eigenvalue weighted by molar-refractivity contribution is 0.0384. The van der Waals surface area contributed by atoms with Gasteiger partial charge in [-0.05, 0) is 59.4 Å². The van der Waals surface area contributed by atoms with Crippen LogP contribution < -0.4 is 0 Å². The molecule has 2 atom stereocenters. The van der Waals surface area contributed by atoms with E-state index in [1.807, 2.05) is 62.4 Å².